The zero-order chi connectivity index (χ0) is 15.7. The monoisotopic (exact) mass is 297 g/mol. The van der Waals surface area contributed by atoms with Gasteiger partial charge in [0.05, 0.1) is 5.69 Å². The third kappa shape index (κ3) is 2.45. The van der Waals surface area contributed by atoms with Gasteiger partial charge in [0, 0.05) is 11.9 Å². The van der Waals surface area contributed by atoms with Crippen molar-refractivity contribution in [3.63, 3.8) is 0 Å². The molecule has 0 bridgehead atoms. The standard InChI is InChI=1S/C17H16FN3O/c1-3-14-15(21-9-5-6-11(2)16(21)20-14)17(22)19-13-8-4-7-12(18)10-13/h4-10H,3H2,1-2H3,(H,19,22). The van der Waals surface area contributed by atoms with E-state index in [9.17, 15) is 9.18 Å². The molecule has 1 aromatic carbocycles. The molecule has 0 saturated heterocycles. The van der Waals surface area contributed by atoms with E-state index >= 15 is 0 Å². The summed E-state index contributed by atoms with van der Waals surface area (Å²) in [6.07, 6.45) is 2.46. The van der Waals surface area contributed by atoms with Crippen molar-refractivity contribution in [3.05, 3.63) is 65.4 Å². The molecule has 1 N–H and O–H groups in total. The summed E-state index contributed by atoms with van der Waals surface area (Å²) in [6.45, 7) is 3.91. The first-order valence-electron chi connectivity index (χ1n) is 7.13. The van der Waals surface area contributed by atoms with Gasteiger partial charge in [0.1, 0.15) is 17.2 Å². The van der Waals surface area contributed by atoms with E-state index in [1.807, 2.05) is 32.2 Å². The first-order chi connectivity index (χ1) is 10.6. The van der Waals surface area contributed by atoms with E-state index in [-0.39, 0.29) is 11.7 Å². The molecule has 1 amide bonds. The lowest BCUT2D eigenvalue weighted by molar-refractivity contribution is 0.102. The second kappa shape index (κ2) is 5.60. The van der Waals surface area contributed by atoms with Crippen molar-refractivity contribution >= 4 is 17.2 Å². The summed E-state index contributed by atoms with van der Waals surface area (Å²) in [7, 11) is 0. The lowest BCUT2D eigenvalue weighted by atomic mass is 10.2. The van der Waals surface area contributed by atoms with Crippen molar-refractivity contribution in [1.29, 1.82) is 0 Å². The average molecular weight is 297 g/mol. The summed E-state index contributed by atoms with van der Waals surface area (Å²) in [5.41, 5.74) is 3.41. The maximum Gasteiger partial charge on any atom is 0.274 e. The number of fused-ring (bicyclic) bond motifs is 1. The Balaban J connectivity index is 2.05. The number of halogens is 1. The number of anilines is 1. The largest absolute Gasteiger partial charge is 0.321 e. The Morgan fingerprint density at radius 3 is 2.86 bits per heavy atom. The first-order valence-corrected chi connectivity index (χ1v) is 7.13. The van der Waals surface area contributed by atoms with Crippen LogP contribution in [0.25, 0.3) is 5.65 Å². The lowest BCUT2D eigenvalue weighted by Gasteiger charge is -2.07. The maximum atomic E-state index is 13.2. The maximum absolute atomic E-state index is 13.2. The van der Waals surface area contributed by atoms with Gasteiger partial charge in [-0.1, -0.05) is 19.1 Å². The Labute approximate surface area is 127 Å². The number of carbonyl (C=O) groups excluding carboxylic acids is 1. The Bertz CT molecular complexity index is 854. The highest BCUT2D eigenvalue weighted by molar-refractivity contribution is 6.04. The molecular formula is C17H16FN3O. The molecule has 0 aliphatic carbocycles. The molecule has 0 atom stereocenters. The van der Waals surface area contributed by atoms with Crippen molar-refractivity contribution in [3.8, 4) is 0 Å². The van der Waals surface area contributed by atoms with E-state index in [0.29, 0.717) is 17.8 Å². The number of benzene rings is 1. The van der Waals surface area contributed by atoms with Crippen LogP contribution in [0.2, 0.25) is 0 Å². The van der Waals surface area contributed by atoms with Crippen molar-refractivity contribution in [2.75, 3.05) is 5.32 Å². The Kier molecular flexibility index (Phi) is 3.63. The summed E-state index contributed by atoms with van der Waals surface area (Å²) in [4.78, 5) is 17.1. The van der Waals surface area contributed by atoms with Crippen LogP contribution in [0.1, 0.15) is 28.7 Å². The Morgan fingerprint density at radius 2 is 2.14 bits per heavy atom. The normalized spacial score (nSPS) is 10.9. The van der Waals surface area contributed by atoms with Crippen LogP contribution in [-0.2, 0) is 6.42 Å². The van der Waals surface area contributed by atoms with Crippen molar-refractivity contribution < 1.29 is 9.18 Å². The van der Waals surface area contributed by atoms with Crippen LogP contribution in [0.15, 0.2) is 42.6 Å². The number of carbonyl (C=O) groups is 1. The summed E-state index contributed by atoms with van der Waals surface area (Å²) in [5, 5.41) is 2.73. The molecule has 2 heterocycles. The molecule has 3 aromatic rings. The molecule has 0 saturated carbocycles. The van der Waals surface area contributed by atoms with Crippen molar-refractivity contribution in [1.82, 2.24) is 9.38 Å². The number of aryl methyl sites for hydroxylation is 2. The second-order valence-corrected chi connectivity index (χ2v) is 5.11. The van der Waals surface area contributed by atoms with Crippen LogP contribution in [0.3, 0.4) is 0 Å². The fourth-order valence-corrected chi connectivity index (χ4v) is 2.49. The average Bonchev–Trinajstić information content (AvgIpc) is 2.87. The second-order valence-electron chi connectivity index (χ2n) is 5.11. The Hall–Kier alpha value is -2.69. The number of aromatic nitrogens is 2. The van der Waals surface area contributed by atoms with Gasteiger partial charge in [-0.2, -0.15) is 0 Å². The summed E-state index contributed by atoms with van der Waals surface area (Å²) >= 11 is 0. The molecule has 0 spiro atoms. The molecule has 3 rings (SSSR count). The number of hydrogen-bond acceptors (Lipinski definition) is 2. The van der Waals surface area contributed by atoms with Gasteiger partial charge in [0.2, 0.25) is 0 Å². The summed E-state index contributed by atoms with van der Waals surface area (Å²) in [6, 6.07) is 9.67. The van der Waals surface area contributed by atoms with Gasteiger partial charge in [-0.25, -0.2) is 9.37 Å². The topological polar surface area (TPSA) is 46.4 Å². The number of hydrogen-bond donors (Lipinski definition) is 1. The number of nitrogens with one attached hydrogen (secondary N) is 1. The van der Waals surface area contributed by atoms with Crippen molar-refractivity contribution in [2.24, 2.45) is 0 Å². The minimum Gasteiger partial charge on any atom is -0.321 e. The number of amides is 1. The predicted molar refractivity (Wildman–Crippen MR) is 83.7 cm³/mol. The van der Waals surface area contributed by atoms with Crippen LogP contribution in [0.5, 0.6) is 0 Å². The van der Waals surface area contributed by atoms with Crippen LogP contribution in [-0.4, -0.2) is 15.3 Å². The van der Waals surface area contributed by atoms with Crippen LogP contribution < -0.4 is 5.32 Å². The van der Waals surface area contributed by atoms with Gasteiger partial charge in [0.25, 0.3) is 5.91 Å². The third-order valence-corrected chi connectivity index (χ3v) is 3.55. The molecule has 5 heteroatoms. The lowest BCUT2D eigenvalue weighted by Crippen LogP contribution is -2.16. The number of pyridine rings is 1. The van der Waals surface area contributed by atoms with E-state index in [1.54, 1.807) is 16.5 Å². The molecular weight excluding hydrogens is 281 g/mol. The van der Waals surface area contributed by atoms with E-state index in [4.69, 9.17) is 0 Å². The number of imidazole rings is 1. The van der Waals surface area contributed by atoms with Gasteiger partial charge in [-0.3, -0.25) is 9.20 Å². The minimum atomic E-state index is -0.387. The van der Waals surface area contributed by atoms with Crippen LogP contribution >= 0.6 is 0 Å². The predicted octanol–water partition coefficient (Wildman–Crippen LogP) is 3.60. The van der Waals surface area contributed by atoms with Gasteiger partial charge in [-0.15, -0.1) is 0 Å². The zero-order valence-electron chi connectivity index (χ0n) is 12.4. The van der Waals surface area contributed by atoms with Gasteiger partial charge in [0.15, 0.2) is 0 Å². The van der Waals surface area contributed by atoms with E-state index < -0.39 is 0 Å². The quantitative estimate of drug-likeness (QED) is 0.803. The molecule has 0 unspecified atom stereocenters. The fourth-order valence-electron chi connectivity index (χ4n) is 2.49. The third-order valence-electron chi connectivity index (χ3n) is 3.55. The molecule has 0 aliphatic heterocycles. The molecule has 112 valence electrons. The van der Waals surface area contributed by atoms with Gasteiger partial charge in [-0.05, 0) is 43.2 Å². The molecule has 22 heavy (non-hydrogen) atoms. The molecule has 0 fully saturated rings. The highest BCUT2D eigenvalue weighted by Gasteiger charge is 2.19. The van der Waals surface area contributed by atoms with E-state index in [1.165, 1.54) is 12.1 Å². The number of nitrogens with zero attached hydrogens (tertiary/aromatic N) is 2. The van der Waals surface area contributed by atoms with Crippen molar-refractivity contribution in [2.45, 2.75) is 20.3 Å². The first kappa shape index (κ1) is 14.3. The molecule has 0 radical (unpaired) electrons. The zero-order valence-corrected chi connectivity index (χ0v) is 12.4. The van der Waals surface area contributed by atoms with E-state index in [0.717, 1.165) is 16.9 Å². The summed E-state index contributed by atoms with van der Waals surface area (Å²) in [5.74, 6) is -0.678. The van der Waals surface area contributed by atoms with E-state index in [2.05, 4.69) is 10.3 Å². The summed E-state index contributed by atoms with van der Waals surface area (Å²) < 4.78 is 15.0. The van der Waals surface area contributed by atoms with Gasteiger partial charge < -0.3 is 5.32 Å². The minimum absolute atomic E-state index is 0.291. The van der Waals surface area contributed by atoms with Gasteiger partial charge >= 0.3 is 0 Å². The highest BCUT2D eigenvalue weighted by Crippen LogP contribution is 2.18. The highest BCUT2D eigenvalue weighted by atomic mass is 19.1. The number of rotatable bonds is 3. The Morgan fingerprint density at radius 1 is 1.32 bits per heavy atom. The molecule has 2 aromatic heterocycles. The van der Waals surface area contributed by atoms with Crippen LogP contribution in [0.4, 0.5) is 10.1 Å². The molecule has 0 aliphatic rings. The fraction of sp³-hybridized carbons (Fsp3) is 0.176. The van der Waals surface area contributed by atoms with Crippen LogP contribution in [0, 0.1) is 12.7 Å². The SMILES string of the molecule is CCc1nc2c(C)cccn2c1C(=O)Nc1cccc(F)c1. The molecule has 4 nitrogen and oxygen atoms in total. The smallest absolute Gasteiger partial charge is 0.274 e.